The molecule has 0 radical (unpaired) electrons. The molecule has 6 atom stereocenters. The lowest BCUT2D eigenvalue weighted by molar-refractivity contribution is -0.552. The minimum Gasteiger partial charge on any atom is -0.443 e. The number of rotatable bonds is 6. The molecule has 0 aromatic heterocycles. The third-order valence-corrected chi connectivity index (χ3v) is 13.2. The van der Waals surface area contributed by atoms with Gasteiger partial charge in [-0.05, 0) is 81.0 Å². The van der Waals surface area contributed by atoms with Gasteiger partial charge in [-0.25, -0.2) is 18.1 Å². The highest BCUT2D eigenvalue weighted by Crippen LogP contribution is 2.68. The summed E-state index contributed by atoms with van der Waals surface area (Å²) < 4.78 is 37.4. The zero-order chi connectivity index (χ0) is 30.4. The molecule has 2 unspecified atom stereocenters. The first-order valence-electron chi connectivity index (χ1n) is 15.0. The molecule has 3 aliphatic carbocycles. The Bertz CT molecular complexity index is 1540. The van der Waals surface area contributed by atoms with Crippen molar-refractivity contribution in [1.29, 1.82) is 0 Å². The van der Waals surface area contributed by atoms with E-state index in [1.165, 1.54) is 4.90 Å². The van der Waals surface area contributed by atoms with Gasteiger partial charge in [-0.15, -0.1) is 0 Å². The highest BCUT2D eigenvalue weighted by Gasteiger charge is 2.78. The Morgan fingerprint density at radius 3 is 2.26 bits per heavy atom. The Morgan fingerprint density at radius 1 is 1.02 bits per heavy atom. The quantitative estimate of drug-likeness (QED) is 0.218. The van der Waals surface area contributed by atoms with Crippen LogP contribution in [0.1, 0.15) is 76.0 Å². The van der Waals surface area contributed by atoms with Crippen molar-refractivity contribution in [2.45, 2.75) is 109 Å². The van der Waals surface area contributed by atoms with Crippen LogP contribution in [0.5, 0.6) is 0 Å². The fraction of sp³-hybridized carbons (Fsp3) is 0.594. The van der Waals surface area contributed by atoms with Gasteiger partial charge >= 0.3 is 11.8 Å². The first-order valence-corrected chi connectivity index (χ1v) is 16.5. The molecule has 42 heavy (non-hydrogen) atoms. The third-order valence-electron chi connectivity index (χ3n) is 11.4. The molecule has 226 valence electrons. The first kappa shape index (κ1) is 29.0. The number of likely N-dealkylation sites (tertiary alicyclic amines) is 1. The molecular weight excluding hydrogens is 554 g/mol. The zero-order valence-electron chi connectivity index (χ0n) is 25.3. The number of sulfonamides is 1. The van der Waals surface area contributed by atoms with Crippen molar-refractivity contribution >= 4 is 21.8 Å². The van der Waals surface area contributed by atoms with Crippen LogP contribution < -0.4 is 4.31 Å². The summed E-state index contributed by atoms with van der Waals surface area (Å²) in [4.78, 5) is 27.2. The normalized spacial score (nSPS) is 32.8. The second kappa shape index (κ2) is 9.43. The average Bonchev–Trinajstić information content (AvgIpc) is 3.53. The van der Waals surface area contributed by atoms with Gasteiger partial charge in [-0.1, -0.05) is 63.1 Å². The Labute approximate surface area is 248 Å². The van der Waals surface area contributed by atoms with Crippen molar-refractivity contribution in [1.82, 2.24) is 4.90 Å². The Morgan fingerprint density at radius 2 is 1.67 bits per heavy atom. The van der Waals surface area contributed by atoms with Gasteiger partial charge in [0.25, 0.3) is 10.0 Å². The van der Waals surface area contributed by atoms with E-state index in [-0.39, 0.29) is 21.2 Å². The number of hydrogen-bond acceptors (Lipinski definition) is 6. The molecule has 10 heteroatoms. The van der Waals surface area contributed by atoms with Crippen LogP contribution in [-0.2, 0) is 14.8 Å². The molecule has 1 aliphatic heterocycles. The number of hydrogen-bond donors (Lipinski definition) is 0. The van der Waals surface area contributed by atoms with E-state index in [4.69, 9.17) is 4.74 Å². The van der Waals surface area contributed by atoms with Crippen molar-refractivity contribution < 1.29 is 22.9 Å². The largest absolute Gasteiger partial charge is 0.443 e. The second-order valence-corrected chi connectivity index (χ2v) is 15.5. The third kappa shape index (κ3) is 3.79. The molecule has 9 nitrogen and oxygen atoms in total. The topological polar surface area (TPSA) is 110 Å². The lowest BCUT2D eigenvalue weighted by Gasteiger charge is -2.43. The highest BCUT2D eigenvalue weighted by molar-refractivity contribution is 7.92. The number of amides is 1. The molecule has 1 saturated heterocycles. The van der Waals surface area contributed by atoms with Crippen molar-refractivity contribution in [3.63, 3.8) is 0 Å². The molecular formula is C32H41N3O6S. The van der Waals surface area contributed by atoms with Crippen molar-refractivity contribution in [2.75, 3.05) is 4.31 Å². The number of nitrogens with zero attached hydrogens (tertiary/aromatic N) is 3. The van der Waals surface area contributed by atoms with Crippen molar-refractivity contribution in [3.8, 4) is 0 Å². The van der Waals surface area contributed by atoms with Gasteiger partial charge in [0.2, 0.25) is 0 Å². The first-order chi connectivity index (χ1) is 19.7. The SMILES string of the molecule is Cc1cc(C)c(N([C@@H]2[C@H]3CC[C@@](C)([C@@H]2OC(=O)N2C4CCCCC42[N+](=O)[O-])C3(C)C)S(=O)(=O)c2ccccc2)c(C)c1. The number of anilines is 1. The summed E-state index contributed by atoms with van der Waals surface area (Å²) in [6.07, 6.45) is 2.48. The van der Waals surface area contributed by atoms with E-state index in [2.05, 4.69) is 20.8 Å². The number of fused-ring (bicyclic) bond motifs is 3. The molecule has 1 heterocycles. The van der Waals surface area contributed by atoms with Crippen LogP contribution >= 0.6 is 0 Å². The maximum Gasteiger partial charge on any atom is 0.416 e. The van der Waals surface area contributed by atoms with Gasteiger partial charge in [-0.3, -0.25) is 14.4 Å². The van der Waals surface area contributed by atoms with Gasteiger partial charge in [0, 0.05) is 11.8 Å². The Kier molecular flexibility index (Phi) is 6.50. The summed E-state index contributed by atoms with van der Waals surface area (Å²) in [5.41, 5.74) is 0.995. The number of aryl methyl sites for hydroxylation is 3. The van der Waals surface area contributed by atoms with Crippen molar-refractivity contribution in [2.24, 2.45) is 16.7 Å². The van der Waals surface area contributed by atoms with E-state index in [1.807, 2.05) is 32.9 Å². The number of nitro groups is 1. The lowest BCUT2D eigenvalue weighted by Crippen LogP contribution is -2.54. The molecule has 2 aromatic carbocycles. The van der Waals surface area contributed by atoms with Gasteiger partial charge < -0.3 is 4.74 Å². The van der Waals surface area contributed by atoms with Crippen molar-refractivity contribution in [3.05, 3.63) is 69.3 Å². The summed E-state index contributed by atoms with van der Waals surface area (Å²) in [7, 11) is -4.09. The summed E-state index contributed by atoms with van der Waals surface area (Å²) in [5.74, 6) is -0.0974. The van der Waals surface area contributed by atoms with E-state index < -0.39 is 45.4 Å². The molecule has 0 spiro atoms. The van der Waals surface area contributed by atoms with Crippen LogP contribution in [0.15, 0.2) is 47.4 Å². The summed E-state index contributed by atoms with van der Waals surface area (Å²) in [6, 6.07) is 11.2. The van der Waals surface area contributed by atoms with E-state index >= 15 is 0 Å². The van der Waals surface area contributed by atoms with Gasteiger partial charge in [-0.2, -0.15) is 0 Å². The molecule has 2 bridgehead atoms. The minimum atomic E-state index is -4.09. The summed E-state index contributed by atoms with van der Waals surface area (Å²) in [6.45, 7) is 12.2. The fourth-order valence-corrected chi connectivity index (χ4v) is 10.7. The zero-order valence-corrected chi connectivity index (χ0v) is 26.1. The average molecular weight is 596 g/mol. The number of ether oxygens (including phenoxy) is 1. The van der Waals surface area contributed by atoms with Gasteiger partial charge in [0.05, 0.1) is 21.5 Å². The van der Waals surface area contributed by atoms with E-state index in [9.17, 15) is 23.3 Å². The second-order valence-electron chi connectivity index (χ2n) is 13.7. The van der Waals surface area contributed by atoms with E-state index in [0.717, 1.165) is 36.0 Å². The fourth-order valence-electron chi connectivity index (χ4n) is 8.90. The molecule has 1 amide bonds. The van der Waals surface area contributed by atoms with Crippen LogP contribution in [0, 0.1) is 47.6 Å². The predicted octanol–water partition coefficient (Wildman–Crippen LogP) is 6.37. The smallest absolute Gasteiger partial charge is 0.416 e. The molecule has 0 N–H and O–H groups in total. The van der Waals surface area contributed by atoms with Crippen LogP contribution in [0.25, 0.3) is 0 Å². The maximum atomic E-state index is 14.7. The highest BCUT2D eigenvalue weighted by atomic mass is 32.2. The predicted molar refractivity (Wildman–Crippen MR) is 159 cm³/mol. The van der Waals surface area contributed by atoms with Gasteiger partial charge in [0.1, 0.15) is 12.1 Å². The minimum absolute atomic E-state index is 0.0974. The molecule has 6 rings (SSSR count). The van der Waals surface area contributed by atoms with Crippen LogP contribution in [0.2, 0.25) is 0 Å². The summed E-state index contributed by atoms with van der Waals surface area (Å²) in [5, 5.41) is 12.2. The standard InChI is InChI=1S/C32H41N3O6S/c1-20-18-21(2)26(22(3)19-20)34(42(39,40)23-12-8-7-9-13-23)27-24-15-17-31(6,30(24,4)5)28(27)41-29(36)33-25-14-10-11-16-32(25,33)35(37)38/h7-9,12-13,18-19,24-25,27-28H,10-11,14-17H2,1-6H3/t24-,25?,27-,28-,31+,32?,33?/m1/s1. The van der Waals surface area contributed by atoms with E-state index in [1.54, 1.807) is 34.6 Å². The molecule has 4 aliphatic rings. The molecule has 3 saturated carbocycles. The molecule has 2 aromatic rings. The summed E-state index contributed by atoms with van der Waals surface area (Å²) >= 11 is 0. The van der Waals surface area contributed by atoms with E-state index in [0.29, 0.717) is 24.9 Å². The Balaban J connectivity index is 1.49. The van der Waals surface area contributed by atoms with Gasteiger partial charge in [0.15, 0.2) is 0 Å². The van der Waals surface area contributed by atoms with Crippen LogP contribution in [0.3, 0.4) is 0 Å². The maximum absolute atomic E-state index is 14.7. The van der Waals surface area contributed by atoms with Crippen LogP contribution in [0.4, 0.5) is 10.5 Å². The monoisotopic (exact) mass is 595 g/mol. The number of benzene rings is 2. The molecule has 4 fully saturated rings. The van der Waals surface area contributed by atoms with Crippen LogP contribution in [-0.4, -0.2) is 48.2 Å². The number of carbonyl (C=O) groups is 1. The Hall–Kier alpha value is -3.14. The number of carbonyl (C=O) groups excluding carboxylic acids is 1. The lowest BCUT2D eigenvalue weighted by atomic mass is 9.70.